The van der Waals surface area contributed by atoms with Crippen molar-refractivity contribution < 1.29 is 21.7 Å². The summed E-state index contributed by atoms with van der Waals surface area (Å²) in [5.41, 5.74) is 2.10. The highest BCUT2D eigenvalue weighted by molar-refractivity contribution is 6.00. The Morgan fingerprint density at radius 2 is 1.22 bits per heavy atom. The highest BCUT2D eigenvalue weighted by atomic mass is 35.5. The van der Waals surface area contributed by atoms with Gasteiger partial charge < -0.3 is 21.8 Å². The van der Waals surface area contributed by atoms with Crippen molar-refractivity contribution in [3.63, 3.8) is 0 Å². The fourth-order valence-corrected chi connectivity index (χ4v) is 4.67. The number of ketones is 1. The van der Waals surface area contributed by atoms with Crippen molar-refractivity contribution in [2.45, 2.75) is 96.8 Å². The lowest BCUT2D eigenvalue weighted by molar-refractivity contribution is -0.868. The highest BCUT2D eigenvalue weighted by Gasteiger charge is 2.11. The first-order chi connectivity index (χ1) is 16.8. The van der Waals surface area contributed by atoms with E-state index in [-0.39, 0.29) is 12.4 Å². The molecule has 0 aliphatic heterocycles. The summed E-state index contributed by atoms with van der Waals surface area (Å²) in [4.78, 5) is 15.1. The third-order valence-corrected chi connectivity index (χ3v) is 7.20. The summed E-state index contributed by atoms with van der Waals surface area (Å²) in [7, 11) is 8.84. The maximum atomic E-state index is 12.7. The van der Waals surface area contributed by atoms with Crippen LogP contribution in [0.3, 0.4) is 0 Å². The number of anilines is 1. The fraction of sp³-hybridized carbons (Fsp3) is 0.656. The number of unbranched alkanes of at least 4 members (excludes halogenated alkanes) is 12. The van der Waals surface area contributed by atoms with Crippen LogP contribution >= 0.6 is 0 Å². The van der Waals surface area contributed by atoms with Gasteiger partial charge >= 0.3 is 0 Å². The second kappa shape index (κ2) is 17.8. The maximum Gasteiger partial charge on any atom is 0.162 e. The molecule has 2 aromatic rings. The molecule has 36 heavy (non-hydrogen) atoms. The number of Topliss-reactive ketones (excluding diaryl/α,β-unsaturated/α-hetero) is 1. The molecule has 0 aromatic heterocycles. The third-order valence-electron chi connectivity index (χ3n) is 7.20. The molecule has 0 unspecified atom stereocenters. The van der Waals surface area contributed by atoms with Gasteiger partial charge in [0, 0.05) is 24.7 Å². The Kier molecular flexibility index (Phi) is 16.0. The SMILES string of the molecule is CCCCCCCCCCCCCCCC(=O)c1ccc2cc(N(C)CC[N+](C)(C)C)ccc2c1.[Cl-]. The van der Waals surface area contributed by atoms with Gasteiger partial charge in [-0.2, -0.15) is 0 Å². The summed E-state index contributed by atoms with van der Waals surface area (Å²) in [5.74, 6) is 0.291. The number of fused-ring (bicyclic) bond motifs is 1. The molecule has 0 N–H and O–H groups in total. The predicted molar refractivity (Wildman–Crippen MR) is 155 cm³/mol. The Labute approximate surface area is 228 Å². The number of hydrogen-bond acceptors (Lipinski definition) is 2. The molecule has 0 fully saturated rings. The van der Waals surface area contributed by atoms with Crippen LogP contribution in [0.1, 0.15) is 107 Å². The van der Waals surface area contributed by atoms with Crippen molar-refractivity contribution >= 4 is 22.2 Å². The van der Waals surface area contributed by atoms with Crippen LogP contribution in [0, 0.1) is 0 Å². The Bertz CT molecular complexity index is 874. The molecule has 0 heterocycles. The third kappa shape index (κ3) is 13.1. The molecule has 0 bridgehead atoms. The number of quaternary nitrogens is 1. The molecule has 0 aliphatic rings. The molecule has 0 aliphatic carbocycles. The van der Waals surface area contributed by atoms with E-state index in [9.17, 15) is 4.79 Å². The molecule has 0 atom stereocenters. The number of halogens is 1. The molecular formula is C32H53ClN2O. The maximum absolute atomic E-state index is 12.7. The van der Waals surface area contributed by atoms with E-state index in [2.05, 4.69) is 70.3 Å². The van der Waals surface area contributed by atoms with E-state index >= 15 is 0 Å². The van der Waals surface area contributed by atoms with Gasteiger partial charge in [-0.25, -0.2) is 0 Å². The molecule has 0 radical (unpaired) electrons. The van der Waals surface area contributed by atoms with Crippen molar-refractivity contribution in [3.05, 3.63) is 42.0 Å². The van der Waals surface area contributed by atoms with Crippen LogP contribution in [0.2, 0.25) is 0 Å². The molecule has 204 valence electrons. The quantitative estimate of drug-likeness (QED) is 0.136. The first-order valence-corrected chi connectivity index (χ1v) is 14.4. The topological polar surface area (TPSA) is 20.3 Å². The summed E-state index contributed by atoms with van der Waals surface area (Å²) in [6.45, 7) is 4.40. The lowest BCUT2D eigenvalue weighted by Crippen LogP contribution is -3.00. The Hall–Kier alpha value is -1.58. The van der Waals surface area contributed by atoms with E-state index in [0.29, 0.717) is 12.2 Å². The van der Waals surface area contributed by atoms with Gasteiger partial charge in [0.05, 0.1) is 34.2 Å². The predicted octanol–water partition coefficient (Wildman–Crippen LogP) is 5.65. The van der Waals surface area contributed by atoms with Crippen LogP contribution in [0.5, 0.6) is 0 Å². The van der Waals surface area contributed by atoms with Gasteiger partial charge in [0.2, 0.25) is 0 Å². The molecule has 0 saturated carbocycles. The van der Waals surface area contributed by atoms with Crippen molar-refractivity contribution in [1.29, 1.82) is 0 Å². The van der Waals surface area contributed by atoms with E-state index in [1.165, 1.54) is 88.1 Å². The zero-order chi connectivity index (χ0) is 25.5. The van der Waals surface area contributed by atoms with Crippen molar-refractivity contribution in [3.8, 4) is 0 Å². The van der Waals surface area contributed by atoms with Crippen molar-refractivity contribution in [1.82, 2.24) is 0 Å². The average molecular weight is 517 g/mol. The minimum Gasteiger partial charge on any atom is -1.00 e. The van der Waals surface area contributed by atoms with Gasteiger partial charge in [0.1, 0.15) is 0 Å². The Balaban J connectivity index is 0.00000648. The van der Waals surface area contributed by atoms with Crippen LogP contribution in [-0.2, 0) is 0 Å². The molecule has 0 saturated heterocycles. The van der Waals surface area contributed by atoms with E-state index in [1.54, 1.807) is 0 Å². The van der Waals surface area contributed by atoms with Gasteiger partial charge in [-0.15, -0.1) is 0 Å². The highest BCUT2D eigenvalue weighted by Crippen LogP contribution is 2.24. The number of carbonyl (C=O) groups is 1. The summed E-state index contributed by atoms with van der Waals surface area (Å²) >= 11 is 0. The lowest BCUT2D eigenvalue weighted by atomic mass is 9.99. The minimum atomic E-state index is 0. The number of rotatable bonds is 19. The van der Waals surface area contributed by atoms with Gasteiger partial charge in [-0.1, -0.05) is 102 Å². The lowest BCUT2D eigenvalue weighted by Gasteiger charge is -2.28. The number of benzene rings is 2. The van der Waals surface area contributed by atoms with E-state index < -0.39 is 0 Å². The Morgan fingerprint density at radius 3 is 1.78 bits per heavy atom. The van der Waals surface area contributed by atoms with Crippen molar-refractivity contribution in [2.24, 2.45) is 0 Å². The average Bonchev–Trinajstić information content (AvgIpc) is 2.84. The number of likely N-dealkylation sites (N-methyl/N-ethyl adjacent to an activating group) is 2. The fourth-order valence-electron chi connectivity index (χ4n) is 4.67. The van der Waals surface area contributed by atoms with E-state index in [4.69, 9.17) is 0 Å². The van der Waals surface area contributed by atoms with Gasteiger partial charge in [0.25, 0.3) is 0 Å². The van der Waals surface area contributed by atoms with Crippen molar-refractivity contribution in [2.75, 3.05) is 46.2 Å². The zero-order valence-electron chi connectivity index (χ0n) is 24.0. The summed E-state index contributed by atoms with van der Waals surface area (Å²) in [5, 5.41) is 2.36. The van der Waals surface area contributed by atoms with E-state index in [1.807, 2.05) is 6.07 Å². The summed E-state index contributed by atoms with van der Waals surface area (Å²) < 4.78 is 0.961. The second-order valence-electron chi connectivity index (χ2n) is 11.6. The molecule has 4 heteroatoms. The first-order valence-electron chi connectivity index (χ1n) is 14.4. The second-order valence-corrected chi connectivity index (χ2v) is 11.6. The van der Waals surface area contributed by atoms with Crippen LogP contribution in [0.25, 0.3) is 10.8 Å². The van der Waals surface area contributed by atoms with Gasteiger partial charge in [0.15, 0.2) is 5.78 Å². The molecule has 2 aromatic carbocycles. The first kappa shape index (κ1) is 32.4. The zero-order valence-corrected chi connectivity index (χ0v) is 24.7. The Morgan fingerprint density at radius 1 is 0.722 bits per heavy atom. The molecule has 0 spiro atoms. The molecule has 0 amide bonds. The smallest absolute Gasteiger partial charge is 0.162 e. The number of carbonyl (C=O) groups excluding carboxylic acids is 1. The molecular weight excluding hydrogens is 464 g/mol. The number of nitrogens with zero attached hydrogens (tertiary/aromatic N) is 2. The van der Waals surface area contributed by atoms with Crippen LogP contribution < -0.4 is 17.3 Å². The molecule has 2 rings (SSSR count). The largest absolute Gasteiger partial charge is 1.00 e. The van der Waals surface area contributed by atoms with Crippen LogP contribution in [0.15, 0.2) is 36.4 Å². The van der Waals surface area contributed by atoms with E-state index in [0.717, 1.165) is 34.9 Å². The standard InChI is InChI=1S/C32H53N2O.ClH/c1-6-7-8-9-10-11-12-13-14-15-16-17-18-19-32(35)30-21-20-29-27-31(23-22-28(29)26-30)33(2)24-25-34(3,4)5;/h20-23,26-27H,6-19,24-25H2,1-5H3;1H/q+1;/p-1. The summed E-state index contributed by atoms with van der Waals surface area (Å²) in [6, 6.07) is 12.8. The normalized spacial score (nSPS) is 11.5. The summed E-state index contributed by atoms with van der Waals surface area (Å²) in [6.07, 6.45) is 18.0. The minimum absolute atomic E-state index is 0. The van der Waals surface area contributed by atoms with Crippen LogP contribution in [-0.4, -0.2) is 51.5 Å². The van der Waals surface area contributed by atoms with Crippen LogP contribution in [0.4, 0.5) is 5.69 Å². The monoisotopic (exact) mass is 516 g/mol. The molecule has 3 nitrogen and oxygen atoms in total. The van der Waals surface area contributed by atoms with Gasteiger partial charge in [-0.3, -0.25) is 4.79 Å². The number of hydrogen-bond donors (Lipinski definition) is 0. The van der Waals surface area contributed by atoms with Gasteiger partial charge in [-0.05, 0) is 35.4 Å².